The van der Waals surface area contributed by atoms with Gasteiger partial charge in [-0.25, -0.2) is 9.97 Å². The van der Waals surface area contributed by atoms with Crippen LogP contribution >= 0.6 is 0 Å². The van der Waals surface area contributed by atoms with Gasteiger partial charge in [-0.15, -0.1) is 0 Å². The van der Waals surface area contributed by atoms with Crippen LogP contribution in [0.25, 0.3) is 22.4 Å². The molecule has 2 aromatic heterocycles. The first kappa shape index (κ1) is 9.84. The third-order valence-electron chi connectivity index (χ3n) is 2.81. The fraction of sp³-hybridized carbons (Fsp3) is 0.0769. The van der Waals surface area contributed by atoms with Gasteiger partial charge in [0.15, 0.2) is 0 Å². The molecule has 0 saturated carbocycles. The Labute approximate surface area is 98.5 Å². The van der Waals surface area contributed by atoms with Crippen LogP contribution in [-0.2, 0) is 0 Å². The number of pyridine rings is 1. The minimum absolute atomic E-state index is 0.490. The molecule has 0 aliphatic carbocycles. The topological polar surface area (TPSA) is 67.6 Å². The Bertz CT molecular complexity index is 685. The molecule has 0 aliphatic heterocycles. The zero-order valence-electron chi connectivity index (χ0n) is 9.44. The van der Waals surface area contributed by atoms with Crippen molar-refractivity contribution >= 4 is 16.9 Å². The fourth-order valence-electron chi connectivity index (χ4n) is 1.92. The lowest BCUT2D eigenvalue weighted by atomic mass is 10.2. The molecule has 0 atom stereocenters. The summed E-state index contributed by atoms with van der Waals surface area (Å²) in [6.07, 6.45) is 1.67. The van der Waals surface area contributed by atoms with Gasteiger partial charge in [0.2, 0.25) is 0 Å². The quantitative estimate of drug-likeness (QED) is 0.667. The minimum atomic E-state index is 0.490. The Morgan fingerprint density at radius 3 is 2.82 bits per heavy atom. The predicted molar refractivity (Wildman–Crippen MR) is 68.5 cm³/mol. The van der Waals surface area contributed by atoms with Crippen molar-refractivity contribution < 1.29 is 0 Å². The van der Waals surface area contributed by atoms with E-state index in [1.807, 2.05) is 37.3 Å². The molecule has 3 N–H and O–H groups in total. The highest BCUT2D eigenvalue weighted by Crippen LogP contribution is 2.25. The minimum Gasteiger partial charge on any atom is -0.383 e. The summed E-state index contributed by atoms with van der Waals surface area (Å²) in [6, 6.07) is 9.82. The van der Waals surface area contributed by atoms with Crippen molar-refractivity contribution in [1.29, 1.82) is 0 Å². The molecule has 3 rings (SSSR count). The summed E-state index contributed by atoms with van der Waals surface area (Å²) in [4.78, 5) is 11.9. The summed E-state index contributed by atoms with van der Waals surface area (Å²) in [5, 5.41) is 0. The molecule has 2 heterocycles. The Morgan fingerprint density at radius 2 is 2.06 bits per heavy atom. The zero-order chi connectivity index (χ0) is 11.8. The van der Waals surface area contributed by atoms with Gasteiger partial charge in [0.1, 0.15) is 11.6 Å². The van der Waals surface area contributed by atoms with Gasteiger partial charge in [0.25, 0.3) is 0 Å². The molecule has 0 spiro atoms. The lowest BCUT2D eigenvalue weighted by Crippen LogP contribution is -1.93. The first-order valence-electron chi connectivity index (χ1n) is 5.42. The average Bonchev–Trinajstić information content (AvgIpc) is 2.75. The number of aryl methyl sites for hydroxylation is 1. The number of nitrogens with one attached hydrogen (secondary N) is 1. The van der Waals surface area contributed by atoms with Crippen LogP contribution in [0.3, 0.4) is 0 Å². The van der Waals surface area contributed by atoms with E-state index in [0.29, 0.717) is 5.82 Å². The number of nitrogens with two attached hydrogens (primary N) is 1. The second kappa shape index (κ2) is 3.59. The Hall–Kier alpha value is -2.36. The van der Waals surface area contributed by atoms with Crippen molar-refractivity contribution in [2.24, 2.45) is 0 Å². The molecule has 0 aliphatic rings. The molecule has 17 heavy (non-hydrogen) atoms. The number of rotatable bonds is 1. The first-order chi connectivity index (χ1) is 8.25. The van der Waals surface area contributed by atoms with Gasteiger partial charge in [-0.05, 0) is 30.7 Å². The molecule has 0 unspecified atom stereocenters. The van der Waals surface area contributed by atoms with Gasteiger partial charge in [-0.2, -0.15) is 0 Å². The third-order valence-corrected chi connectivity index (χ3v) is 2.81. The molecule has 0 bridgehead atoms. The smallest absolute Gasteiger partial charge is 0.142 e. The van der Waals surface area contributed by atoms with Gasteiger partial charge < -0.3 is 10.7 Å². The highest BCUT2D eigenvalue weighted by molar-refractivity contribution is 5.83. The first-order valence-corrected chi connectivity index (χ1v) is 5.42. The molecular formula is C13H12N4. The maximum Gasteiger partial charge on any atom is 0.142 e. The lowest BCUT2D eigenvalue weighted by Gasteiger charge is -1.98. The normalized spacial score (nSPS) is 10.9. The number of aromatic amines is 1. The van der Waals surface area contributed by atoms with Crippen LogP contribution in [0.5, 0.6) is 0 Å². The highest BCUT2D eigenvalue weighted by atomic mass is 14.9. The second-order valence-corrected chi connectivity index (χ2v) is 3.99. The molecule has 1 aromatic carbocycles. The zero-order valence-corrected chi connectivity index (χ0v) is 9.44. The van der Waals surface area contributed by atoms with Crippen LogP contribution in [0.15, 0.2) is 36.5 Å². The summed E-state index contributed by atoms with van der Waals surface area (Å²) >= 11 is 0. The van der Waals surface area contributed by atoms with Gasteiger partial charge in [0, 0.05) is 6.20 Å². The Kier molecular flexibility index (Phi) is 2.08. The molecule has 0 fully saturated rings. The van der Waals surface area contributed by atoms with Crippen molar-refractivity contribution in [3.63, 3.8) is 0 Å². The monoisotopic (exact) mass is 224 g/mol. The van der Waals surface area contributed by atoms with Crippen molar-refractivity contribution in [1.82, 2.24) is 15.0 Å². The number of imidazole rings is 1. The Morgan fingerprint density at radius 1 is 1.18 bits per heavy atom. The van der Waals surface area contributed by atoms with Gasteiger partial charge in [0.05, 0.1) is 16.6 Å². The van der Waals surface area contributed by atoms with Crippen molar-refractivity contribution in [2.75, 3.05) is 5.73 Å². The number of para-hydroxylation sites is 1. The largest absolute Gasteiger partial charge is 0.383 e. The van der Waals surface area contributed by atoms with Crippen LogP contribution in [0.2, 0.25) is 0 Å². The number of nitrogen functional groups attached to an aromatic ring is 1. The SMILES string of the molecule is Cc1cccc2[nH]c(-c3cccnc3N)nc12. The van der Waals surface area contributed by atoms with E-state index in [1.54, 1.807) is 6.20 Å². The van der Waals surface area contributed by atoms with Gasteiger partial charge in [-0.1, -0.05) is 12.1 Å². The molecule has 84 valence electrons. The van der Waals surface area contributed by atoms with E-state index in [-0.39, 0.29) is 0 Å². The molecule has 4 heteroatoms. The molecule has 4 nitrogen and oxygen atoms in total. The number of H-pyrrole nitrogens is 1. The number of benzene rings is 1. The van der Waals surface area contributed by atoms with E-state index in [9.17, 15) is 0 Å². The Balaban J connectivity index is 2.26. The number of anilines is 1. The van der Waals surface area contributed by atoms with Crippen molar-refractivity contribution in [2.45, 2.75) is 6.92 Å². The molecular weight excluding hydrogens is 212 g/mol. The van der Waals surface area contributed by atoms with Crippen molar-refractivity contribution in [3.8, 4) is 11.4 Å². The summed E-state index contributed by atoms with van der Waals surface area (Å²) in [6.45, 7) is 2.04. The van der Waals surface area contributed by atoms with E-state index in [1.165, 1.54) is 0 Å². The molecule has 3 aromatic rings. The lowest BCUT2D eigenvalue weighted by molar-refractivity contribution is 1.28. The van der Waals surface area contributed by atoms with Crippen LogP contribution in [0.4, 0.5) is 5.82 Å². The van der Waals surface area contributed by atoms with Crippen LogP contribution in [0, 0.1) is 6.92 Å². The number of fused-ring (bicyclic) bond motifs is 1. The molecule has 0 radical (unpaired) electrons. The van der Waals surface area contributed by atoms with E-state index in [2.05, 4.69) is 15.0 Å². The standard InChI is InChI=1S/C13H12N4/c1-8-4-2-6-10-11(8)17-13(16-10)9-5-3-7-15-12(9)14/h2-7H,1H3,(H2,14,15)(H,16,17). The van der Waals surface area contributed by atoms with E-state index in [0.717, 1.165) is 28.0 Å². The summed E-state index contributed by atoms with van der Waals surface area (Å²) in [7, 11) is 0. The van der Waals surface area contributed by atoms with E-state index < -0.39 is 0 Å². The van der Waals surface area contributed by atoms with Crippen LogP contribution < -0.4 is 5.73 Å². The van der Waals surface area contributed by atoms with Gasteiger partial charge >= 0.3 is 0 Å². The van der Waals surface area contributed by atoms with Gasteiger partial charge in [-0.3, -0.25) is 0 Å². The maximum atomic E-state index is 5.84. The van der Waals surface area contributed by atoms with E-state index in [4.69, 9.17) is 5.73 Å². The summed E-state index contributed by atoms with van der Waals surface area (Å²) < 4.78 is 0. The average molecular weight is 224 g/mol. The summed E-state index contributed by atoms with van der Waals surface area (Å²) in [5.74, 6) is 1.25. The maximum absolute atomic E-state index is 5.84. The van der Waals surface area contributed by atoms with Crippen molar-refractivity contribution in [3.05, 3.63) is 42.1 Å². The number of nitrogens with zero attached hydrogens (tertiary/aromatic N) is 2. The highest BCUT2D eigenvalue weighted by Gasteiger charge is 2.09. The number of hydrogen-bond acceptors (Lipinski definition) is 3. The predicted octanol–water partition coefficient (Wildman–Crippen LogP) is 2.52. The number of aromatic nitrogens is 3. The molecule has 0 amide bonds. The third kappa shape index (κ3) is 1.54. The summed E-state index contributed by atoms with van der Waals surface area (Å²) in [5.41, 5.74) is 9.82. The fourth-order valence-corrected chi connectivity index (χ4v) is 1.92. The number of hydrogen-bond donors (Lipinski definition) is 2. The molecule has 0 saturated heterocycles. The van der Waals surface area contributed by atoms with E-state index >= 15 is 0 Å². The van der Waals surface area contributed by atoms with Crippen LogP contribution in [0.1, 0.15) is 5.56 Å². The second-order valence-electron chi connectivity index (χ2n) is 3.99. The van der Waals surface area contributed by atoms with Crippen LogP contribution in [-0.4, -0.2) is 15.0 Å².